The van der Waals surface area contributed by atoms with Crippen LogP contribution in [-0.2, 0) is 25.8 Å². The average Bonchev–Trinajstić information content (AvgIpc) is 3.36. The Kier molecular flexibility index (Phi) is 9.61. The molecule has 0 saturated heterocycles. The van der Waals surface area contributed by atoms with Crippen LogP contribution >= 0.6 is 47.5 Å². The predicted molar refractivity (Wildman–Crippen MR) is 129 cm³/mol. The molecular formula is C22H23Cl2N3S2. The van der Waals surface area contributed by atoms with E-state index in [1.807, 2.05) is 18.3 Å². The van der Waals surface area contributed by atoms with Gasteiger partial charge in [0.2, 0.25) is 0 Å². The fourth-order valence-corrected chi connectivity index (χ4v) is 4.46. The molecule has 0 amide bonds. The molecule has 29 heavy (non-hydrogen) atoms. The zero-order valence-electron chi connectivity index (χ0n) is 15.8. The minimum absolute atomic E-state index is 0. The summed E-state index contributed by atoms with van der Waals surface area (Å²) in [6.45, 7) is 0.809. The Balaban J connectivity index is 0.00000150. The van der Waals surface area contributed by atoms with E-state index in [1.165, 1.54) is 21.0 Å². The molecule has 2 aromatic heterocycles. The van der Waals surface area contributed by atoms with Gasteiger partial charge in [-0.25, -0.2) is 9.97 Å². The molecular weight excluding hydrogens is 441 g/mol. The van der Waals surface area contributed by atoms with Crippen molar-refractivity contribution in [2.75, 3.05) is 5.32 Å². The van der Waals surface area contributed by atoms with Crippen LogP contribution in [0.1, 0.15) is 26.7 Å². The summed E-state index contributed by atoms with van der Waals surface area (Å²) in [4.78, 5) is 10.6. The number of hydrogen-bond acceptors (Lipinski definition) is 5. The van der Waals surface area contributed by atoms with E-state index in [4.69, 9.17) is 4.98 Å². The predicted octanol–water partition coefficient (Wildman–Crippen LogP) is 6.43. The molecule has 0 bridgehead atoms. The van der Waals surface area contributed by atoms with Gasteiger partial charge in [0.15, 0.2) is 5.13 Å². The highest BCUT2D eigenvalue weighted by molar-refractivity contribution is 7.15. The van der Waals surface area contributed by atoms with Crippen molar-refractivity contribution in [2.24, 2.45) is 0 Å². The second-order valence-electron chi connectivity index (χ2n) is 6.37. The number of anilines is 1. The third kappa shape index (κ3) is 7.12. The Bertz CT molecular complexity index is 972. The lowest BCUT2D eigenvalue weighted by Crippen LogP contribution is -1.97. The number of rotatable bonds is 8. The third-order valence-corrected chi connectivity index (χ3v) is 6.23. The van der Waals surface area contributed by atoms with Crippen LogP contribution in [0.15, 0.2) is 72.2 Å². The van der Waals surface area contributed by atoms with Gasteiger partial charge >= 0.3 is 0 Å². The van der Waals surface area contributed by atoms with Crippen LogP contribution < -0.4 is 5.32 Å². The van der Waals surface area contributed by atoms with Gasteiger partial charge in [-0.15, -0.1) is 47.5 Å². The summed E-state index contributed by atoms with van der Waals surface area (Å²) < 4.78 is 0. The van der Waals surface area contributed by atoms with Crippen molar-refractivity contribution in [3.63, 3.8) is 0 Å². The summed E-state index contributed by atoms with van der Waals surface area (Å²) in [5, 5.41) is 7.77. The van der Waals surface area contributed by atoms with Gasteiger partial charge in [0.1, 0.15) is 0 Å². The van der Waals surface area contributed by atoms with Crippen molar-refractivity contribution >= 4 is 52.6 Å². The molecule has 0 radical (unpaired) electrons. The lowest BCUT2D eigenvalue weighted by Gasteiger charge is -2.01. The van der Waals surface area contributed by atoms with Crippen molar-refractivity contribution in [1.82, 2.24) is 9.97 Å². The number of aryl methyl sites for hydroxylation is 2. The number of benzene rings is 2. The van der Waals surface area contributed by atoms with E-state index in [0.29, 0.717) is 0 Å². The van der Waals surface area contributed by atoms with E-state index in [0.717, 1.165) is 36.6 Å². The fourth-order valence-electron chi connectivity index (χ4n) is 2.86. The molecule has 0 aliphatic rings. The summed E-state index contributed by atoms with van der Waals surface area (Å²) in [7, 11) is 0. The van der Waals surface area contributed by atoms with Crippen molar-refractivity contribution in [1.29, 1.82) is 0 Å². The second kappa shape index (κ2) is 11.9. The summed E-state index contributed by atoms with van der Waals surface area (Å²) in [6, 6.07) is 20.9. The first kappa shape index (κ1) is 23.4. The number of halogens is 2. The maximum Gasteiger partial charge on any atom is 0.183 e. The van der Waals surface area contributed by atoms with Crippen LogP contribution in [0.4, 0.5) is 5.13 Å². The van der Waals surface area contributed by atoms with Gasteiger partial charge in [0.25, 0.3) is 0 Å². The number of aromatic nitrogens is 2. The van der Waals surface area contributed by atoms with Crippen LogP contribution in [0.25, 0.3) is 0 Å². The first-order chi connectivity index (χ1) is 13.3. The largest absolute Gasteiger partial charge is 0.357 e. The first-order valence-corrected chi connectivity index (χ1v) is 10.7. The molecule has 4 aromatic rings. The monoisotopic (exact) mass is 463 g/mol. The standard InChI is InChI=1S/C22H21N3S2.2ClH/c1-3-7-17(8-4-1)13-19-16-26-21(25-19)12-11-20-15-24-22(27-20)23-14-18-9-5-2-6-10-18;;/h1-10,15-16H,11-14H2,(H,23,24);2*1H. The molecule has 1 N–H and O–H groups in total. The van der Waals surface area contributed by atoms with E-state index in [2.05, 4.69) is 64.2 Å². The number of nitrogens with zero attached hydrogens (tertiary/aromatic N) is 2. The molecule has 0 unspecified atom stereocenters. The van der Waals surface area contributed by atoms with Gasteiger partial charge in [-0.3, -0.25) is 0 Å². The molecule has 0 saturated carbocycles. The lowest BCUT2D eigenvalue weighted by molar-refractivity contribution is 0.939. The molecule has 0 fully saturated rings. The van der Waals surface area contributed by atoms with Crippen molar-refractivity contribution in [3.05, 3.63) is 98.9 Å². The van der Waals surface area contributed by atoms with Crippen LogP contribution in [0.2, 0.25) is 0 Å². The van der Waals surface area contributed by atoms with Gasteiger partial charge in [0, 0.05) is 35.8 Å². The van der Waals surface area contributed by atoms with E-state index < -0.39 is 0 Å². The van der Waals surface area contributed by atoms with Gasteiger partial charge in [0.05, 0.1) is 10.7 Å². The maximum absolute atomic E-state index is 4.79. The Morgan fingerprint density at radius 1 is 0.828 bits per heavy atom. The number of hydrogen-bond donors (Lipinski definition) is 1. The zero-order chi connectivity index (χ0) is 18.3. The van der Waals surface area contributed by atoms with Crippen molar-refractivity contribution in [3.8, 4) is 0 Å². The summed E-state index contributed by atoms with van der Waals surface area (Å²) >= 11 is 3.50. The lowest BCUT2D eigenvalue weighted by atomic mass is 10.1. The van der Waals surface area contributed by atoms with Crippen LogP contribution in [0.3, 0.4) is 0 Å². The third-order valence-electron chi connectivity index (χ3n) is 4.25. The molecule has 0 spiro atoms. The molecule has 2 aromatic carbocycles. The van der Waals surface area contributed by atoms with Crippen LogP contribution in [0.5, 0.6) is 0 Å². The number of thiazole rings is 2. The Morgan fingerprint density at radius 2 is 1.52 bits per heavy atom. The molecule has 0 aliphatic heterocycles. The van der Waals surface area contributed by atoms with E-state index >= 15 is 0 Å². The normalized spacial score (nSPS) is 10.1. The van der Waals surface area contributed by atoms with E-state index in [9.17, 15) is 0 Å². The maximum atomic E-state index is 4.79. The summed E-state index contributed by atoms with van der Waals surface area (Å²) in [6.07, 6.45) is 4.85. The molecule has 152 valence electrons. The van der Waals surface area contributed by atoms with Gasteiger partial charge < -0.3 is 5.32 Å². The minimum Gasteiger partial charge on any atom is -0.357 e. The Morgan fingerprint density at radius 3 is 2.24 bits per heavy atom. The minimum atomic E-state index is 0. The highest BCUT2D eigenvalue weighted by atomic mass is 35.5. The summed E-state index contributed by atoms with van der Waals surface area (Å²) in [5.41, 5.74) is 3.74. The Hall–Kier alpha value is -1.92. The molecule has 7 heteroatoms. The Labute approximate surface area is 192 Å². The molecule has 0 atom stereocenters. The van der Waals surface area contributed by atoms with Gasteiger partial charge in [-0.2, -0.15) is 0 Å². The summed E-state index contributed by atoms with van der Waals surface area (Å²) in [5.74, 6) is 0. The fraction of sp³-hybridized carbons (Fsp3) is 0.182. The smallest absolute Gasteiger partial charge is 0.183 e. The molecule has 2 heterocycles. The molecule has 0 aliphatic carbocycles. The van der Waals surface area contributed by atoms with Crippen LogP contribution in [-0.4, -0.2) is 9.97 Å². The highest BCUT2D eigenvalue weighted by Crippen LogP contribution is 2.22. The topological polar surface area (TPSA) is 37.8 Å². The van der Waals surface area contributed by atoms with Gasteiger partial charge in [-0.05, 0) is 17.5 Å². The van der Waals surface area contributed by atoms with Gasteiger partial charge in [-0.1, -0.05) is 60.7 Å². The quantitative estimate of drug-likeness (QED) is 0.327. The second-order valence-corrected chi connectivity index (χ2v) is 8.42. The highest BCUT2D eigenvalue weighted by Gasteiger charge is 2.06. The van der Waals surface area contributed by atoms with Crippen molar-refractivity contribution in [2.45, 2.75) is 25.8 Å². The average molecular weight is 464 g/mol. The van der Waals surface area contributed by atoms with Crippen molar-refractivity contribution < 1.29 is 0 Å². The number of nitrogens with one attached hydrogen (secondary N) is 1. The molecule has 3 nitrogen and oxygen atoms in total. The SMILES string of the molecule is Cl.Cl.c1ccc(CNc2ncc(CCc3nc(Cc4ccccc4)cs3)s2)cc1. The molecule has 4 rings (SSSR count). The van der Waals surface area contributed by atoms with Crippen LogP contribution in [0, 0.1) is 0 Å². The van der Waals surface area contributed by atoms with E-state index in [-0.39, 0.29) is 24.8 Å². The first-order valence-electron chi connectivity index (χ1n) is 9.05. The van der Waals surface area contributed by atoms with E-state index in [1.54, 1.807) is 22.7 Å². The zero-order valence-corrected chi connectivity index (χ0v) is 19.1.